The van der Waals surface area contributed by atoms with E-state index >= 15 is 0 Å². The molecule has 0 spiro atoms. The normalized spacial score (nSPS) is 12.1. The lowest BCUT2D eigenvalue weighted by Crippen LogP contribution is -2.31. The average molecular weight is 492 g/mol. The van der Waals surface area contributed by atoms with Crippen LogP contribution >= 0.6 is 39.1 Å². The van der Waals surface area contributed by atoms with Gasteiger partial charge in [0.1, 0.15) is 6.61 Å². The third-order valence-electron chi connectivity index (χ3n) is 3.92. The van der Waals surface area contributed by atoms with Gasteiger partial charge in [0.05, 0.1) is 17.7 Å². The average Bonchev–Trinajstić information content (AvgIpc) is 2.64. The molecule has 3 N–H and O–H groups in total. The van der Waals surface area contributed by atoms with Crippen molar-refractivity contribution < 1.29 is 14.6 Å². The molecule has 0 aliphatic rings. The van der Waals surface area contributed by atoms with E-state index in [-0.39, 0.29) is 6.10 Å². The number of hydrogen-bond acceptors (Lipinski definition) is 5. The summed E-state index contributed by atoms with van der Waals surface area (Å²) in [6, 6.07) is 9.26. The SMILES string of the molecule is COc1cc(CNCCNCC(C)O)cc(Br)c1OCc1ccc(Cl)cc1Cl. The first-order valence-corrected chi connectivity index (χ1v) is 10.5. The first kappa shape index (κ1) is 23.3. The van der Waals surface area contributed by atoms with Crippen LogP contribution in [0.3, 0.4) is 0 Å². The Morgan fingerprint density at radius 2 is 1.89 bits per heavy atom. The summed E-state index contributed by atoms with van der Waals surface area (Å²) in [6.07, 6.45) is -0.337. The van der Waals surface area contributed by atoms with Crippen molar-refractivity contribution in [3.05, 3.63) is 56.0 Å². The Bertz CT molecular complexity index is 775. The summed E-state index contributed by atoms with van der Waals surface area (Å²) in [7, 11) is 1.61. The van der Waals surface area contributed by atoms with Gasteiger partial charge in [-0.1, -0.05) is 29.3 Å². The smallest absolute Gasteiger partial charge is 0.175 e. The second kappa shape index (κ2) is 11.9. The number of aliphatic hydroxyl groups is 1. The van der Waals surface area contributed by atoms with Crippen molar-refractivity contribution in [2.45, 2.75) is 26.2 Å². The Morgan fingerprint density at radius 1 is 1.14 bits per heavy atom. The Hall–Kier alpha value is -1.02. The Balaban J connectivity index is 1.94. The molecule has 0 saturated heterocycles. The largest absolute Gasteiger partial charge is 0.493 e. The molecule has 2 aromatic carbocycles. The highest BCUT2D eigenvalue weighted by atomic mass is 79.9. The van der Waals surface area contributed by atoms with E-state index in [2.05, 4.69) is 26.6 Å². The van der Waals surface area contributed by atoms with Crippen molar-refractivity contribution in [1.29, 1.82) is 0 Å². The molecular weight excluding hydrogens is 467 g/mol. The number of methoxy groups -OCH3 is 1. The quantitative estimate of drug-likeness (QED) is 0.406. The molecule has 0 bridgehead atoms. The highest BCUT2D eigenvalue weighted by Crippen LogP contribution is 2.37. The van der Waals surface area contributed by atoms with E-state index in [1.54, 1.807) is 26.2 Å². The molecule has 0 fully saturated rings. The maximum Gasteiger partial charge on any atom is 0.175 e. The molecular formula is C20H25BrCl2N2O3. The Kier molecular flexibility index (Phi) is 9.85. The molecule has 0 aromatic heterocycles. The topological polar surface area (TPSA) is 62.8 Å². The second-order valence-corrected chi connectivity index (χ2v) is 8.06. The highest BCUT2D eigenvalue weighted by molar-refractivity contribution is 9.10. The van der Waals surface area contributed by atoms with E-state index in [1.807, 2.05) is 18.2 Å². The Labute approximate surface area is 184 Å². The number of benzene rings is 2. The zero-order valence-electron chi connectivity index (χ0n) is 15.9. The van der Waals surface area contributed by atoms with Crippen molar-refractivity contribution in [3.63, 3.8) is 0 Å². The van der Waals surface area contributed by atoms with Gasteiger partial charge in [-0.05, 0) is 52.7 Å². The monoisotopic (exact) mass is 490 g/mol. The van der Waals surface area contributed by atoms with Gasteiger partial charge in [0.2, 0.25) is 0 Å². The fraction of sp³-hybridized carbons (Fsp3) is 0.400. The molecule has 2 aromatic rings. The third kappa shape index (κ3) is 7.43. The minimum Gasteiger partial charge on any atom is -0.493 e. The van der Waals surface area contributed by atoms with Gasteiger partial charge in [0.25, 0.3) is 0 Å². The molecule has 154 valence electrons. The van der Waals surface area contributed by atoms with Gasteiger partial charge in [-0.3, -0.25) is 0 Å². The number of halogens is 3. The van der Waals surface area contributed by atoms with Crippen LogP contribution in [0.15, 0.2) is 34.8 Å². The summed E-state index contributed by atoms with van der Waals surface area (Å²) in [5.74, 6) is 1.26. The summed E-state index contributed by atoms with van der Waals surface area (Å²) in [4.78, 5) is 0. The van der Waals surface area contributed by atoms with Crippen LogP contribution in [-0.4, -0.2) is 38.0 Å². The second-order valence-electron chi connectivity index (χ2n) is 6.36. The summed E-state index contributed by atoms with van der Waals surface area (Å²) in [5.41, 5.74) is 1.91. The van der Waals surface area contributed by atoms with Crippen molar-refractivity contribution in [2.75, 3.05) is 26.7 Å². The van der Waals surface area contributed by atoms with Gasteiger partial charge in [0.15, 0.2) is 11.5 Å². The molecule has 0 aliphatic heterocycles. The van der Waals surface area contributed by atoms with Crippen LogP contribution < -0.4 is 20.1 Å². The fourth-order valence-electron chi connectivity index (χ4n) is 2.52. The molecule has 0 heterocycles. The van der Waals surface area contributed by atoms with Crippen LogP contribution in [0.1, 0.15) is 18.1 Å². The molecule has 0 radical (unpaired) electrons. The molecule has 5 nitrogen and oxygen atoms in total. The maximum atomic E-state index is 9.22. The van der Waals surface area contributed by atoms with Gasteiger partial charge in [-0.2, -0.15) is 0 Å². The summed E-state index contributed by atoms with van der Waals surface area (Å²) < 4.78 is 12.3. The van der Waals surface area contributed by atoms with Crippen molar-refractivity contribution in [2.24, 2.45) is 0 Å². The van der Waals surface area contributed by atoms with Gasteiger partial charge >= 0.3 is 0 Å². The number of nitrogens with one attached hydrogen (secondary N) is 2. The lowest BCUT2D eigenvalue weighted by atomic mass is 10.2. The highest BCUT2D eigenvalue weighted by Gasteiger charge is 2.13. The lowest BCUT2D eigenvalue weighted by Gasteiger charge is -2.15. The summed E-state index contributed by atoms with van der Waals surface area (Å²) >= 11 is 15.7. The zero-order valence-corrected chi connectivity index (χ0v) is 19.0. The standard InChI is InChI=1S/C20H25BrCl2N2O3/c1-13(26)10-24-5-6-25-11-14-7-17(21)20(19(8-14)27-2)28-12-15-3-4-16(22)9-18(15)23/h3-4,7-9,13,24-26H,5-6,10-12H2,1-2H3. The van der Waals surface area contributed by atoms with Crippen molar-refractivity contribution in [3.8, 4) is 11.5 Å². The van der Waals surface area contributed by atoms with E-state index in [0.717, 1.165) is 28.7 Å². The van der Waals surface area contributed by atoms with Gasteiger partial charge < -0.3 is 25.2 Å². The predicted molar refractivity (Wildman–Crippen MR) is 118 cm³/mol. The van der Waals surface area contributed by atoms with Crippen molar-refractivity contribution in [1.82, 2.24) is 10.6 Å². The van der Waals surface area contributed by atoms with E-state index in [0.29, 0.717) is 41.2 Å². The third-order valence-corrected chi connectivity index (χ3v) is 5.10. The molecule has 2 rings (SSSR count). The van der Waals surface area contributed by atoms with Crippen LogP contribution in [0.4, 0.5) is 0 Å². The number of hydrogen-bond donors (Lipinski definition) is 3. The molecule has 0 saturated carbocycles. The molecule has 0 aliphatic carbocycles. The minimum absolute atomic E-state index is 0.303. The van der Waals surface area contributed by atoms with Gasteiger partial charge in [-0.25, -0.2) is 0 Å². The van der Waals surface area contributed by atoms with Crippen LogP contribution in [0.2, 0.25) is 10.0 Å². The molecule has 8 heteroatoms. The summed E-state index contributed by atoms with van der Waals surface area (Å²) in [6.45, 7) is 4.91. The minimum atomic E-state index is -0.337. The zero-order chi connectivity index (χ0) is 20.5. The van der Waals surface area contributed by atoms with Crippen LogP contribution in [-0.2, 0) is 13.2 Å². The maximum absolute atomic E-state index is 9.22. The Morgan fingerprint density at radius 3 is 2.57 bits per heavy atom. The predicted octanol–water partition coefficient (Wildman–Crippen LogP) is 4.40. The van der Waals surface area contributed by atoms with Gasteiger partial charge in [-0.15, -0.1) is 0 Å². The molecule has 1 unspecified atom stereocenters. The van der Waals surface area contributed by atoms with E-state index in [4.69, 9.17) is 32.7 Å². The molecule has 0 amide bonds. The first-order valence-electron chi connectivity index (χ1n) is 8.93. The van der Waals surface area contributed by atoms with Crippen LogP contribution in [0, 0.1) is 0 Å². The van der Waals surface area contributed by atoms with Crippen LogP contribution in [0.25, 0.3) is 0 Å². The van der Waals surface area contributed by atoms with E-state index in [9.17, 15) is 5.11 Å². The van der Waals surface area contributed by atoms with Gasteiger partial charge in [0, 0.05) is 41.8 Å². The first-order chi connectivity index (χ1) is 13.4. The van der Waals surface area contributed by atoms with Crippen LogP contribution in [0.5, 0.6) is 11.5 Å². The number of aliphatic hydroxyl groups excluding tert-OH is 1. The lowest BCUT2D eigenvalue weighted by molar-refractivity contribution is 0.191. The van der Waals surface area contributed by atoms with Crippen molar-refractivity contribution >= 4 is 39.1 Å². The summed E-state index contributed by atoms with van der Waals surface area (Å²) in [5, 5.41) is 16.9. The molecule has 1 atom stereocenters. The number of rotatable bonds is 11. The molecule has 28 heavy (non-hydrogen) atoms. The van der Waals surface area contributed by atoms with E-state index in [1.165, 1.54) is 0 Å². The fourth-order valence-corrected chi connectivity index (χ4v) is 3.59. The van der Waals surface area contributed by atoms with E-state index < -0.39 is 0 Å². The number of ether oxygens (including phenoxy) is 2.